The van der Waals surface area contributed by atoms with Crippen LogP contribution in [-0.4, -0.2) is 79.7 Å². The molecule has 1 heterocycles. The third-order valence-corrected chi connectivity index (χ3v) is 7.25. The van der Waals surface area contributed by atoms with E-state index in [1.807, 2.05) is 13.8 Å². The fraction of sp³-hybridized carbons (Fsp3) is 0.938. The van der Waals surface area contributed by atoms with Crippen molar-refractivity contribution < 1.29 is 13.2 Å². The first-order chi connectivity index (χ1) is 11.5. The highest BCUT2D eigenvalue weighted by Crippen LogP contribution is 2.17. The maximum Gasteiger partial charge on any atom is 0.282 e. The quantitative estimate of drug-likeness (QED) is 0.689. The summed E-state index contributed by atoms with van der Waals surface area (Å²) in [6.07, 6.45) is 5.14. The summed E-state index contributed by atoms with van der Waals surface area (Å²) in [5.74, 6) is 0.125. The van der Waals surface area contributed by atoms with E-state index in [0.29, 0.717) is 58.3 Å². The van der Waals surface area contributed by atoms with E-state index < -0.39 is 10.2 Å². The van der Waals surface area contributed by atoms with Gasteiger partial charge in [-0.2, -0.15) is 17.0 Å². The van der Waals surface area contributed by atoms with Gasteiger partial charge in [0.15, 0.2) is 0 Å². The zero-order chi connectivity index (χ0) is 17.6. The predicted molar refractivity (Wildman–Crippen MR) is 94.9 cm³/mol. The minimum Gasteiger partial charge on any atom is -0.353 e. The lowest BCUT2D eigenvalue weighted by Gasteiger charge is -2.36. The Morgan fingerprint density at radius 3 is 2.21 bits per heavy atom. The van der Waals surface area contributed by atoms with E-state index in [9.17, 15) is 13.2 Å². The predicted octanol–water partition coefficient (Wildman–Crippen LogP) is 0.640. The molecule has 0 unspecified atom stereocenters. The molecule has 2 rings (SSSR count). The molecule has 0 atom stereocenters. The van der Waals surface area contributed by atoms with Gasteiger partial charge in [-0.1, -0.05) is 26.7 Å². The van der Waals surface area contributed by atoms with Crippen LogP contribution in [0.15, 0.2) is 0 Å². The van der Waals surface area contributed by atoms with Gasteiger partial charge in [0.05, 0.1) is 0 Å². The standard InChI is InChI=1S/C16H32N4O3S/c1-3-19(4-2)24(22,23)20-13-11-18(12-14-20)10-9-16(21)17-15-7-5-6-8-15/h15H,3-14H2,1-2H3,(H,17,21). The normalized spacial score (nSPS) is 21.5. The molecule has 0 spiro atoms. The molecular formula is C16H32N4O3S. The van der Waals surface area contributed by atoms with Crippen LogP contribution >= 0.6 is 0 Å². The van der Waals surface area contributed by atoms with Crippen molar-refractivity contribution in [2.24, 2.45) is 0 Å². The van der Waals surface area contributed by atoms with Crippen LogP contribution in [0.2, 0.25) is 0 Å². The second kappa shape index (κ2) is 9.12. The van der Waals surface area contributed by atoms with Gasteiger partial charge in [0.2, 0.25) is 5.91 Å². The summed E-state index contributed by atoms with van der Waals surface area (Å²) in [4.78, 5) is 14.2. The van der Waals surface area contributed by atoms with E-state index in [-0.39, 0.29) is 5.91 Å². The maximum atomic E-state index is 12.5. The van der Waals surface area contributed by atoms with Crippen LogP contribution in [0.1, 0.15) is 46.0 Å². The van der Waals surface area contributed by atoms with Crippen molar-refractivity contribution in [1.29, 1.82) is 0 Å². The van der Waals surface area contributed by atoms with Crippen molar-refractivity contribution in [3.8, 4) is 0 Å². The minimum absolute atomic E-state index is 0.125. The Bertz CT molecular complexity index is 493. The van der Waals surface area contributed by atoms with E-state index in [1.165, 1.54) is 17.1 Å². The number of hydrogen-bond acceptors (Lipinski definition) is 4. The van der Waals surface area contributed by atoms with Gasteiger partial charge < -0.3 is 10.2 Å². The zero-order valence-corrected chi connectivity index (χ0v) is 15.9. The highest BCUT2D eigenvalue weighted by molar-refractivity contribution is 7.86. The van der Waals surface area contributed by atoms with Crippen LogP contribution in [0, 0.1) is 0 Å². The van der Waals surface area contributed by atoms with Crippen molar-refractivity contribution in [2.45, 2.75) is 52.0 Å². The highest BCUT2D eigenvalue weighted by Gasteiger charge is 2.30. The molecule has 0 aromatic heterocycles. The lowest BCUT2D eigenvalue weighted by molar-refractivity contribution is -0.122. The number of hydrogen-bond donors (Lipinski definition) is 1. The molecule has 140 valence electrons. The van der Waals surface area contributed by atoms with Crippen LogP contribution in [0.3, 0.4) is 0 Å². The number of amides is 1. The van der Waals surface area contributed by atoms with Crippen molar-refractivity contribution in [3.63, 3.8) is 0 Å². The molecule has 0 bridgehead atoms. The number of carbonyl (C=O) groups is 1. The van der Waals surface area contributed by atoms with Crippen LogP contribution < -0.4 is 5.32 Å². The molecule has 1 N–H and O–H groups in total. The van der Waals surface area contributed by atoms with Gasteiger partial charge in [-0.25, -0.2) is 0 Å². The summed E-state index contributed by atoms with van der Waals surface area (Å²) in [6.45, 7) is 7.82. The molecule has 2 aliphatic rings. The molecule has 2 fully saturated rings. The molecule has 0 aromatic rings. The third kappa shape index (κ3) is 5.15. The SMILES string of the molecule is CCN(CC)S(=O)(=O)N1CCN(CCC(=O)NC2CCCC2)CC1. The minimum atomic E-state index is -3.33. The molecule has 7 nitrogen and oxygen atoms in total. The van der Waals surface area contributed by atoms with Crippen LogP contribution in [0.25, 0.3) is 0 Å². The largest absolute Gasteiger partial charge is 0.353 e. The van der Waals surface area contributed by atoms with E-state index >= 15 is 0 Å². The summed E-state index contributed by atoms with van der Waals surface area (Å²) in [7, 11) is -3.33. The maximum absolute atomic E-state index is 12.5. The first-order valence-electron chi connectivity index (χ1n) is 9.24. The molecule has 1 amide bonds. The van der Waals surface area contributed by atoms with Crippen molar-refractivity contribution >= 4 is 16.1 Å². The number of carbonyl (C=O) groups excluding carboxylic acids is 1. The zero-order valence-electron chi connectivity index (χ0n) is 15.0. The molecule has 1 aliphatic carbocycles. The monoisotopic (exact) mass is 360 g/mol. The van der Waals surface area contributed by atoms with Gasteiger partial charge >= 0.3 is 0 Å². The molecule has 24 heavy (non-hydrogen) atoms. The average molecular weight is 361 g/mol. The fourth-order valence-corrected chi connectivity index (χ4v) is 5.13. The Kier molecular flexibility index (Phi) is 7.46. The number of piperazine rings is 1. The van der Waals surface area contributed by atoms with Gasteiger partial charge in [-0.15, -0.1) is 0 Å². The van der Waals surface area contributed by atoms with Gasteiger partial charge in [-0.3, -0.25) is 4.79 Å². The summed E-state index contributed by atoms with van der Waals surface area (Å²) < 4.78 is 28.0. The second-order valence-corrected chi connectivity index (χ2v) is 8.56. The summed E-state index contributed by atoms with van der Waals surface area (Å²) in [5.41, 5.74) is 0. The topological polar surface area (TPSA) is 73.0 Å². The fourth-order valence-electron chi connectivity index (χ4n) is 3.53. The molecule has 1 aliphatic heterocycles. The average Bonchev–Trinajstić information content (AvgIpc) is 3.07. The Labute approximate surface area is 146 Å². The molecule has 0 radical (unpaired) electrons. The van der Waals surface area contributed by atoms with Gasteiger partial charge in [0.1, 0.15) is 0 Å². The Hall–Kier alpha value is -0.700. The Balaban J connectivity index is 1.71. The molecule has 8 heteroatoms. The van der Waals surface area contributed by atoms with Gasteiger partial charge in [0.25, 0.3) is 10.2 Å². The lowest BCUT2D eigenvalue weighted by atomic mass is 10.2. The molecular weight excluding hydrogens is 328 g/mol. The smallest absolute Gasteiger partial charge is 0.282 e. The number of nitrogens with one attached hydrogen (secondary N) is 1. The van der Waals surface area contributed by atoms with Crippen molar-refractivity contribution in [1.82, 2.24) is 18.8 Å². The number of rotatable bonds is 8. The van der Waals surface area contributed by atoms with Crippen LogP contribution in [0.4, 0.5) is 0 Å². The second-order valence-electron chi connectivity index (χ2n) is 6.63. The first-order valence-corrected chi connectivity index (χ1v) is 10.6. The van der Waals surface area contributed by atoms with E-state index in [1.54, 1.807) is 4.31 Å². The first kappa shape index (κ1) is 19.6. The molecule has 1 saturated heterocycles. The van der Waals surface area contributed by atoms with Crippen LogP contribution in [-0.2, 0) is 15.0 Å². The third-order valence-electron chi connectivity index (χ3n) is 5.06. The lowest BCUT2D eigenvalue weighted by Crippen LogP contribution is -2.53. The Morgan fingerprint density at radius 1 is 1.08 bits per heavy atom. The van der Waals surface area contributed by atoms with Gasteiger partial charge in [0, 0.05) is 58.3 Å². The van der Waals surface area contributed by atoms with E-state index in [4.69, 9.17) is 0 Å². The van der Waals surface area contributed by atoms with Crippen LogP contribution in [0.5, 0.6) is 0 Å². The van der Waals surface area contributed by atoms with Crippen molar-refractivity contribution in [3.05, 3.63) is 0 Å². The van der Waals surface area contributed by atoms with Crippen molar-refractivity contribution in [2.75, 3.05) is 45.8 Å². The highest BCUT2D eigenvalue weighted by atomic mass is 32.2. The summed E-state index contributed by atoms with van der Waals surface area (Å²) >= 11 is 0. The summed E-state index contributed by atoms with van der Waals surface area (Å²) in [6, 6.07) is 0.369. The molecule has 1 saturated carbocycles. The molecule has 0 aromatic carbocycles. The summed E-state index contributed by atoms with van der Waals surface area (Å²) in [5, 5.41) is 3.10. The Morgan fingerprint density at radius 2 is 1.67 bits per heavy atom. The number of nitrogens with zero attached hydrogens (tertiary/aromatic N) is 3. The van der Waals surface area contributed by atoms with Gasteiger partial charge in [-0.05, 0) is 12.8 Å². The van der Waals surface area contributed by atoms with E-state index in [2.05, 4.69) is 10.2 Å². The van der Waals surface area contributed by atoms with E-state index in [0.717, 1.165) is 12.8 Å².